The Balaban J connectivity index is 1.24. The number of aromatic nitrogens is 5. The normalized spacial score (nSPS) is 11.3. The third-order valence-electron chi connectivity index (χ3n) is 9.98. The first kappa shape index (κ1) is 31.3. The van der Waals surface area contributed by atoms with Crippen molar-refractivity contribution < 1.29 is 0 Å². The minimum Gasteiger partial charge on any atom is -0.370 e. The summed E-state index contributed by atoms with van der Waals surface area (Å²) in [6, 6.07) is 26.8. The maximum atomic E-state index is 9.97. The van der Waals surface area contributed by atoms with Gasteiger partial charge < -0.3 is 14.3 Å². The summed E-state index contributed by atoms with van der Waals surface area (Å²) in [6.07, 6.45) is 5.66. The van der Waals surface area contributed by atoms with Gasteiger partial charge in [0.1, 0.15) is 12.1 Å². The minimum absolute atomic E-state index is 0.0395. The highest BCUT2D eigenvalue weighted by Gasteiger charge is 2.26. The zero-order chi connectivity index (χ0) is 35.2. The molecule has 0 fully saturated rings. The summed E-state index contributed by atoms with van der Waals surface area (Å²) in [5.41, 5.74) is 7.76. The fourth-order valence-electron chi connectivity index (χ4n) is 7.51. The third kappa shape index (κ3) is 5.04. The Labute approximate surface area is 294 Å². The van der Waals surface area contributed by atoms with Crippen molar-refractivity contribution in [2.75, 3.05) is 0 Å². The highest BCUT2D eigenvalue weighted by atomic mass is 15.0. The summed E-state index contributed by atoms with van der Waals surface area (Å²) in [4.78, 5) is 25.8. The first-order chi connectivity index (χ1) is 24.9. The van der Waals surface area contributed by atoms with E-state index in [1.165, 1.54) is 36.2 Å². The van der Waals surface area contributed by atoms with Gasteiger partial charge in [-0.3, -0.25) is 0 Å². The van der Waals surface area contributed by atoms with Gasteiger partial charge in [0.05, 0.1) is 11.0 Å². The van der Waals surface area contributed by atoms with E-state index in [9.17, 15) is 10.5 Å². The van der Waals surface area contributed by atoms with Crippen LogP contribution in [-0.2, 0) is 13.0 Å². The Morgan fingerprint density at radius 2 is 1.18 bits per heavy atom. The standard InChI is InChI=1S/C42H29N9/c1-24-13-14-25(2)51(24)21-8-6-5-7-10-26-15-17-27(18-16-26)28-19-20-31-35-34-29(37-38(31)50-42(46-4)41(45-3)49-37)11-9-12-30(34)39-40(36(28)35)48-33(23-44)32(22-43)47-39/h9,11-20H,5-8,10,21H2,1-2H3. The quantitative estimate of drug-likeness (QED) is 0.0694. The number of unbranched alkanes of at least 4 members (excludes halogenated alkanes) is 3. The molecule has 242 valence electrons. The lowest BCUT2D eigenvalue weighted by molar-refractivity contribution is 0.559. The van der Waals surface area contributed by atoms with Crippen LogP contribution in [0.1, 0.15) is 54.0 Å². The van der Waals surface area contributed by atoms with E-state index in [-0.39, 0.29) is 23.0 Å². The van der Waals surface area contributed by atoms with Crippen LogP contribution < -0.4 is 0 Å². The average molecular weight is 660 g/mol. The zero-order valence-corrected chi connectivity index (χ0v) is 28.1. The van der Waals surface area contributed by atoms with Gasteiger partial charge in [-0.25, -0.2) is 9.97 Å². The van der Waals surface area contributed by atoms with Gasteiger partial charge in [-0.2, -0.15) is 10.5 Å². The number of fused-ring (bicyclic) bond motifs is 6. The molecule has 3 aromatic heterocycles. The van der Waals surface area contributed by atoms with E-state index in [2.05, 4.69) is 80.5 Å². The maximum Gasteiger partial charge on any atom is 0.294 e. The van der Waals surface area contributed by atoms with Gasteiger partial charge in [0.2, 0.25) is 11.0 Å². The van der Waals surface area contributed by atoms with Crippen molar-refractivity contribution in [1.29, 1.82) is 10.5 Å². The number of hydrogen-bond donors (Lipinski definition) is 0. The number of hydrogen-bond acceptors (Lipinski definition) is 6. The number of benzene rings is 5. The molecule has 5 aromatic carbocycles. The Kier molecular flexibility index (Phi) is 7.68. The van der Waals surface area contributed by atoms with Gasteiger partial charge in [0.15, 0.2) is 11.4 Å². The summed E-state index contributed by atoms with van der Waals surface area (Å²) >= 11 is 0. The van der Waals surface area contributed by atoms with E-state index in [4.69, 9.17) is 23.1 Å². The predicted molar refractivity (Wildman–Crippen MR) is 200 cm³/mol. The lowest BCUT2D eigenvalue weighted by Crippen LogP contribution is -2.02. The molecule has 0 spiro atoms. The zero-order valence-electron chi connectivity index (χ0n) is 28.1. The molecule has 0 saturated heterocycles. The van der Waals surface area contributed by atoms with Crippen molar-refractivity contribution in [2.45, 2.75) is 52.5 Å². The van der Waals surface area contributed by atoms with E-state index in [0.29, 0.717) is 22.1 Å². The van der Waals surface area contributed by atoms with Crippen LogP contribution in [0.4, 0.5) is 11.6 Å². The predicted octanol–water partition coefficient (Wildman–Crippen LogP) is 10.2. The van der Waals surface area contributed by atoms with Gasteiger partial charge in [0, 0.05) is 50.2 Å². The molecule has 0 aliphatic carbocycles. The summed E-state index contributed by atoms with van der Waals surface area (Å²) in [5.74, 6) is -0.102. The van der Waals surface area contributed by atoms with Gasteiger partial charge >= 0.3 is 0 Å². The number of aryl methyl sites for hydroxylation is 3. The number of nitriles is 2. The van der Waals surface area contributed by atoms with Crippen LogP contribution in [0.15, 0.2) is 66.7 Å². The topological polar surface area (TPSA) is 113 Å². The molecule has 0 atom stereocenters. The molecular weight excluding hydrogens is 631 g/mol. The Hall–Kier alpha value is -6.94. The van der Waals surface area contributed by atoms with Crippen molar-refractivity contribution >= 4 is 66.0 Å². The molecule has 9 heteroatoms. The molecule has 0 N–H and O–H groups in total. The van der Waals surface area contributed by atoms with E-state index in [1.54, 1.807) is 0 Å². The van der Waals surface area contributed by atoms with Gasteiger partial charge in [-0.05, 0) is 74.1 Å². The summed E-state index contributed by atoms with van der Waals surface area (Å²) in [6.45, 7) is 20.7. The van der Waals surface area contributed by atoms with Crippen molar-refractivity contribution in [3.05, 3.63) is 118 Å². The molecule has 0 aliphatic rings. The fraction of sp³-hybridized carbons (Fsp3) is 0.190. The lowest BCUT2D eigenvalue weighted by atomic mass is 9.87. The lowest BCUT2D eigenvalue weighted by Gasteiger charge is -2.17. The molecule has 0 amide bonds. The molecule has 9 nitrogen and oxygen atoms in total. The number of rotatable bonds is 8. The highest BCUT2D eigenvalue weighted by Crippen LogP contribution is 2.47. The SMILES string of the molecule is [C-]#[N+]c1nc2c3cccc4c5nc(C#N)c(C#N)nc5c5c(-c6ccc(CCCCCCn7c(C)ccc7C)cc6)ccc(c2nc1[N+]#[C-])c5c34. The highest BCUT2D eigenvalue weighted by molar-refractivity contribution is 6.40. The second-order valence-electron chi connectivity index (χ2n) is 12.9. The molecule has 0 aliphatic heterocycles. The summed E-state index contributed by atoms with van der Waals surface area (Å²) in [7, 11) is 0. The Morgan fingerprint density at radius 3 is 1.78 bits per heavy atom. The van der Waals surface area contributed by atoms with Gasteiger partial charge in [0.25, 0.3) is 11.6 Å². The Bertz CT molecular complexity index is 2840. The molecular formula is C42H29N9. The molecule has 8 rings (SSSR count). The maximum absolute atomic E-state index is 9.97. The van der Waals surface area contributed by atoms with E-state index in [0.717, 1.165) is 62.8 Å². The van der Waals surface area contributed by atoms with Crippen molar-refractivity contribution in [2.24, 2.45) is 0 Å². The fourth-order valence-corrected chi connectivity index (χ4v) is 7.51. The second-order valence-corrected chi connectivity index (χ2v) is 12.9. The number of nitrogens with zero attached hydrogens (tertiary/aromatic N) is 9. The summed E-state index contributed by atoms with van der Waals surface area (Å²) in [5, 5.41) is 24.6. The largest absolute Gasteiger partial charge is 0.370 e. The molecule has 3 heterocycles. The van der Waals surface area contributed by atoms with Crippen LogP contribution in [-0.4, -0.2) is 24.5 Å². The first-order valence-corrected chi connectivity index (χ1v) is 16.9. The van der Waals surface area contributed by atoms with Gasteiger partial charge in [-0.1, -0.05) is 68.5 Å². The second kappa shape index (κ2) is 12.5. The molecule has 0 radical (unpaired) electrons. The monoisotopic (exact) mass is 659 g/mol. The smallest absolute Gasteiger partial charge is 0.294 e. The average Bonchev–Trinajstić information content (AvgIpc) is 3.50. The van der Waals surface area contributed by atoms with Gasteiger partial charge in [-0.15, -0.1) is 9.97 Å². The Morgan fingerprint density at radius 1 is 0.608 bits per heavy atom. The van der Waals surface area contributed by atoms with Crippen LogP contribution in [0.5, 0.6) is 0 Å². The van der Waals surface area contributed by atoms with Crippen molar-refractivity contribution in [3.8, 4) is 23.3 Å². The molecule has 51 heavy (non-hydrogen) atoms. The minimum atomic E-state index is -0.0516. The van der Waals surface area contributed by atoms with Crippen LogP contribution in [0.3, 0.4) is 0 Å². The van der Waals surface area contributed by atoms with Crippen LogP contribution in [0, 0.1) is 49.7 Å². The van der Waals surface area contributed by atoms with Crippen LogP contribution >= 0.6 is 0 Å². The van der Waals surface area contributed by atoms with E-state index < -0.39 is 0 Å². The van der Waals surface area contributed by atoms with E-state index in [1.807, 2.05) is 36.4 Å². The molecule has 8 aromatic rings. The van der Waals surface area contributed by atoms with Crippen LogP contribution in [0.25, 0.3) is 75.2 Å². The molecule has 0 unspecified atom stereocenters. The van der Waals surface area contributed by atoms with Crippen LogP contribution in [0.2, 0.25) is 0 Å². The van der Waals surface area contributed by atoms with Crippen molar-refractivity contribution in [3.63, 3.8) is 0 Å². The molecule has 0 bridgehead atoms. The molecule has 0 saturated carbocycles. The first-order valence-electron chi connectivity index (χ1n) is 16.9. The van der Waals surface area contributed by atoms with Crippen molar-refractivity contribution in [1.82, 2.24) is 24.5 Å². The third-order valence-corrected chi connectivity index (χ3v) is 9.98. The van der Waals surface area contributed by atoms with E-state index >= 15 is 0 Å². The summed E-state index contributed by atoms with van der Waals surface area (Å²) < 4.78 is 2.39.